The number of fused-ring (bicyclic) bond motifs is 2. The molecule has 0 bridgehead atoms. The van der Waals surface area contributed by atoms with Gasteiger partial charge in [0.05, 0.1) is 5.71 Å². The molecule has 4 nitrogen and oxygen atoms in total. The van der Waals surface area contributed by atoms with Crippen molar-refractivity contribution in [3.05, 3.63) is 11.6 Å². The fraction of sp³-hybridized carbons (Fsp3) is 0.500. The molecular weight excluding hydrogens is 152 g/mol. The van der Waals surface area contributed by atoms with E-state index in [9.17, 15) is 0 Å². The van der Waals surface area contributed by atoms with Gasteiger partial charge in [-0.25, -0.2) is 5.01 Å². The van der Waals surface area contributed by atoms with Crippen molar-refractivity contribution in [3.8, 4) is 0 Å². The number of nitrogens with zero attached hydrogens (tertiary/aromatic N) is 3. The summed E-state index contributed by atoms with van der Waals surface area (Å²) in [6.45, 7) is 0.694. The van der Waals surface area contributed by atoms with Crippen LogP contribution in [0.4, 0.5) is 0 Å². The topological polar surface area (TPSA) is 40.0 Å². The van der Waals surface area contributed by atoms with Crippen molar-refractivity contribution in [2.75, 3.05) is 6.67 Å². The molecular formula is C8H9N4. The predicted octanol–water partition coefficient (Wildman–Crippen LogP) is 0.446. The minimum Gasteiger partial charge on any atom is -0.286 e. The zero-order valence-corrected chi connectivity index (χ0v) is 6.67. The molecule has 1 aliphatic carbocycles. The third kappa shape index (κ3) is 0.719. The Kier molecular flexibility index (Phi) is 1.08. The Morgan fingerprint density at radius 1 is 1.42 bits per heavy atom. The highest BCUT2D eigenvalue weighted by atomic mass is 15.6. The standard InChI is InChI=1S/C8H9N4/c1-2-6-4-8-10-9-5-12(8)11-7(6)3-1/h9H,1-3,5H2. The Labute approximate surface area is 70.6 Å². The second kappa shape index (κ2) is 2.09. The number of hydrogen-bond donors (Lipinski definition) is 1. The first-order valence-electron chi connectivity index (χ1n) is 4.22. The molecule has 1 fully saturated rings. The van der Waals surface area contributed by atoms with Crippen LogP contribution >= 0.6 is 0 Å². The molecule has 0 unspecified atom stereocenters. The Morgan fingerprint density at radius 3 is 3.42 bits per heavy atom. The summed E-state index contributed by atoms with van der Waals surface area (Å²) in [5.41, 5.74) is 5.35. The van der Waals surface area contributed by atoms with Gasteiger partial charge < -0.3 is 0 Å². The quantitative estimate of drug-likeness (QED) is 0.560. The average molecular weight is 161 g/mol. The van der Waals surface area contributed by atoms with Gasteiger partial charge in [-0.1, -0.05) is 0 Å². The average Bonchev–Trinajstić information content (AvgIpc) is 2.64. The number of hydrogen-bond acceptors (Lipinski definition) is 4. The summed E-state index contributed by atoms with van der Waals surface area (Å²) < 4.78 is 0. The number of nitrogens with one attached hydrogen (secondary N) is 1. The highest BCUT2D eigenvalue weighted by Gasteiger charge is 2.26. The number of allylic oxidation sites excluding steroid dienone is 1. The maximum absolute atomic E-state index is 4.46. The van der Waals surface area contributed by atoms with Gasteiger partial charge in [0.15, 0.2) is 5.84 Å². The molecule has 0 saturated heterocycles. The molecule has 1 radical (unpaired) electrons. The molecule has 3 aliphatic rings. The highest BCUT2D eigenvalue weighted by Crippen LogP contribution is 2.25. The van der Waals surface area contributed by atoms with E-state index in [1.54, 1.807) is 0 Å². The lowest BCUT2D eigenvalue weighted by Crippen LogP contribution is -2.28. The SMILES string of the molecule is [C]1=C2CCCC2=NN2CNN=C12. The van der Waals surface area contributed by atoms with Crippen molar-refractivity contribution >= 4 is 11.5 Å². The minimum absolute atomic E-state index is 0.694. The van der Waals surface area contributed by atoms with Gasteiger partial charge in [-0.3, -0.25) is 5.43 Å². The Balaban J connectivity index is 2.05. The van der Waals surface area contributed by atoms with Crippen LogP contribution in [-0.4, -0.2) is 23.2 Å². The van der Waals surface area contributed by atoms with E-state index in [1.807, 2.05) is 5.01 Å². The molecule has 0 aromatic rings. The van der Waals surface area contributed by atoms with Crippen LogP contribution in [0, 0.1) is 6.08 Å². The summed E-state index contributed by atoms with van der Waals surface area (Å²) in [4.78, 5) is 0. The lowest BCUT2D eigenvalue weighted by Gasteiger charge is -2.16. The van der Waals surface area contributed by atoms with Crippen LogP contribution in [0.5, 0.6) is 0 Å². The molecule has 1 saturated carbocycles. The zero-order chi connectivity index (χ0) is 7.97. The van der Waals surface area contributed by atoms with Crippen LogP contribution in [0.1, 0.15) is 19.3 Å². The van der Waals surface area contributed by atoms with E-state index in [0.29, 0.717) is 6.67 Å². The third-order valence-corrected chi connectivity index (χ3v) is 2.34. The van der Waals surface area contributed by atoms with Crippen molar-refractivity contribution in [1.82, 2.24) is 10.4 Å². The van der Waals surface area contributed by atoms with Gasteiger partial charge in [0.25, 0.3) is 0 Å². The molecule has 12 heavy (non-hydrogen) atoms. The van der Waals surface area contributed by atoms with Gasteiger partial charge in [0.1, 0.15) is 6.67 Å². The van der Waals surface area contributed by atoms with Crippen LogP contribution in [0.25, 0.3) is 0 Å². The monoisotopic (exact) mass is 161 g/mol. The van der Waals surface area contributed by atoms with Crippen LogP contribution in [0.3, 0.4) is 0 Å². The van der Waals surface area contributed by atoms with Crippen molar-refractivity contribution in [2.45, 2.75) is 19.3 Å². The van der Waals surface area contributed by atoms with E-state index in [4.69, 9.17) is 0 Å². The van der Waals surface area contributed by atoms with E-state index >= 15 is 0 Å². The summed E-state index contributed by atoms with van der Waals surface area (Å²) >= 11 is 0. The van der Waals surface area contributed by atoms with Gasteiger partial charge in [0, 0.05) is 6.08 Å². The number of amidine groups is 1. The van der Waals surface area contributed by atoms with Gasteiger partial charge in [-0.05, 0) is 24.8 Å². The Hall–Kier alpha value is -1.32. The molecule has 0 aromatic heterocycles. The molecule has 2 aliphatic heterocycles. The van der Waals surface area contributed by atoms with Crippen LogP contribution < -0.4 is 5.43 Å². The second-order valence-corrected chi connectivity index (χ2v) is 3.15. The van der Waals surface area contributed by atoms with Crippen molar-refractivity contribution < 1.29 is 0 Å². The van der Waals surface area contributed by atoms with E-state index in [2.05, 4.69) is 21.7 Å². The predicted molar refractivity (Wildman–Crippen MR) is 45.3 cm³/mol. The van der Waals surface area contributed by atoms with Gasteiger partial charge in [-0.15, -0.1) is 0 Å². The summed E-state index contributed by atoms with van der Waals surface area (Å²) in [6, 6.07) is 0. The number of rotatable bonds is 0. The summed E-state index contributed by atoms with van der Waals surface area (Å²) in [7, 11) is 0. The normalized spacial score (nSPS) is 25.3. The van der Waals surface area contributed by atoms with E-state index in [0.717, 1.165) is 18.7 Å². The van der Waals surface area contributed by atoms with Crippen LogP contribution in [-0.2, 0) is 0 Å². The van der Waals surface area contributed by atoms with Crippen molar-refractivity contribution in [3.63, 3.8) is 0 Å². The molecule has 0 amide bonds. The molecule has 0 atom stereocenters. The first-order valence-corrected chi connectivity index (χ1v) is 4.22. The fourth-order valence-electron chi connectivity index (χ4n) is 1.74. The molecule has 0 spiro atoms. The van der Waals surface area contributed by atoms with Gasteiger partial charge in [0.2, 0.25) is 0 Å². The van der Waals surface area contributed by atoms with Gasteiger partial charge >= 0.3 is 0 Å². The lowest BCUT2D eigenvalue weighted by molar-refractivity contribution is 0.448. The van der Waals surface area contributed by atoms with Gasteiger partial charge in [-0.2, -0.15) is 10.2 Å². The third-order valence-electron chi connectivity index (χ3n) is 2.34. The van der Waals surface area contributed by atoms with E-state index in [1.165, 1.54) is 17.7 Å². The molecule has 3 rings (SSSR count). The minimum atomic E-state index is 0.694. The molecule has 1 N–H and O–H groups in total. The summed E-state index contributed by atoms with van der Waals surface area (Å²) in [5, 5.41) is 10.4. The lowest BCUT2D eigenvalue weighted by atomic mass is 10.1. The summed E-state index contributed by atoms with van der Waals surface area (Å²) in [6.07, 6.45) is 6.71. The Morgan fingerprint density at radius 2 is 2.42 bits per heavy atom. The van der Waals surface area contributed by atoms with E-state index in [-0.39, 0.29) is 0 Å². The van der Waals surface area contributed by atoms with Crippen molar-refractivity contribution in [2.24, 2.45) is 10.2 Å². The largest absolute Gasteiger partial charge is 0.286 e. The van der Waals surface area contributed by atoms with Crippen LogP contribution in [0.2, 0.25) is 0 Å². The van der Waals surface area contributed by atoms with Crippen LogP contribution in [0.15, 0.2) is 15.8 Å². The molecule has 4 heteroatoms. The molecule has 2 heterocycles. The second-order valence-electron chi connectivity index (χ2n) is 3.15. The molecule has 61 valence electrons. The smallest absolute Gasteiger partial charge is 0.178 e. The summed E-state index contributed by atoms with van der Waals surface area (Å²) in [5.74, 6) is 0.843. The fourth-order valence-corrected chi connectivity index (χ4v) is 1.74. The highest BCUT2D eigenvalue weighted by molar-refractivity contribution is 6.09. The molecule has 0 aromatic carbocycles. The zero-order valence-electron chi connectivity index (χ0n) is 6.67. The van der Waals surface area contributed by atoms with E-state index < -0.39 is 0 Å². The first kappa shape index (κ1) is 6.22. The Bertz CT molecular complexity index is 313. The maximum Gasteiger partial charge on any atom is 0.178 e. The first-order chi connectivity index (χ1) is 5.93. The maximum atomic E-state index is 4.46. The van der Waals surface area contributed by atoms with Crippen molar-refractivity contribution in [1.29, 1.82) is 0 Å². The number of hydrazone groups is 2.